The molecule has 0 fully saturated rings. The van der Waals surface area contributed by atoms with E-state index in [-0.39, 0.29) is 6.17 Å². The van der Waals surface area contributed by atoms with Crippen molar-refractivity contribution in [2.24, 2.45) is 4.99 Å². The quantitative estimate of drug-likeness (QED) is 0.605. The van der Waals surface area contributed by atoms with Crippen molar-refractivity contribution >= 4 is 22.9 Å². The fourth-order valence-corrected chi connectivity index (χ4v) is 4.35. The molecule has 3 aliphatic heterocycles. The number of amidine groups is 1. The second kappa shape index (κ2) is 7.64. The number of anilines is 2. The highest BCUT2D eigenvalue weighted by Crippen LogP contribution is 2.41. The molecule has 2 N–H and O–H groups in total. The number of hydrogen-bond acceptors (Lipinski definition) is 6. The van der Waals surface area contributed by atoms with Crippen molar-refractivity contribution in [2.45, 2.75) is 13.1 Å². The molecular formula is C26H24N4O2. The summed E-state index contributed by atoms with van der Waals surface area (Å²) >= 11 is 0. The van der Waals surface area contributed by atoms with Gasteiger partial charge in [-0.25, -0.2) is 4.99 Å². The fraction of sp³-hybridized carbons (Fsp3) is 0.192. The highest BCUT2D eigenvalue weighted by Gasteiger charge is 2.31. The molecule has 6 heteroatoms. The molecule has 0 amide bonds. The Hall–Kier alpha value is -3.93. The first kappa shape index (κ1) is 18.8. The van der Waals surface area contributed by atoms with Gasteiger partial charge in [0.2, 0.25) is 0 Å². The lowest BCUT2D eigenvalue weighted by atomic mass is 9.99. The molecule has 3 aromatic carbocycles. The molecule has 160 valence electrons. The van der Waals surface area contributed by atoms with Crippen molar-refractivity contribution in [3.8, 4) is 11.5 Å². The third-order valence-electron chi connectivity index (χ3n) is 5.99. The number of aryl methyl sites for hydroxylation is 1. The molecule has 1 unspecified atom stereocenters. The number of nitrogens with one attached hydrogen (secondary N) is 2. The third-order valence-corrected chi connectivity index (χ3v) is 5.99. The summed E-state index contributed by atoms with van der Waals surface area (Å²) in [5.74, 6) is 2.37. The highest BCUT2D eigenvalue weighted by molar-refractivity contribution is 6.09. The maximum absolute atomic E-state index is 5.72. The molecule has 0 aromatic heterocycles. The average molecular weight is 425 g/mol. The van der Waals surface area contributed by atoms with E-state index < -0.39 is 0 Å². The summed E-state index contributed by atoms with van der Waals surface area (Å²) in [6.45, 7) is 3.82. The van der Waals surface area contributed by atoms with Gasteiger partial charge in [-0.3, -0.25) is 0 Å². The van der Waals surface area contributed by atoms with Crippen LogP contribution in [0.5, 0.6) is 11.5 Å². The minimum Gasteiger partial charge on any atom is -0.486 e. The Bertz CT molecular complexity index is 1230. The first-order valence-corrected chi connectivity index (χ1v) is 10.9. The van der Waals surface area contributed by atoms with Crippen molar-refractivity contribution in [3.63, 3.8) is 0 Å². The monoisotopic (exact) mass is 424 g/mol. The number of ether oxygens (including phenoxy) is 2. The molecule has 32 heavy (non-hydrogen) atoms. The third kappa shape index (κ3) is 3.34. The molecule has 3 heterocycles. The summed E-state index contributed by atoms with van der Waals surface area (Å²) in [4.78, 5) is 7.14. The van der Waals surface area contributed by atoms with E-state index in [4.69, 9.17) is 14.5 Å². The van der Waals surface area contributed by atoms with E-state index >= 15 is 0 Å². The van der Waals surface area contributed by atoms with Gasteiger partial charge in [-0.05, 0) is 30.7 Å². The zero-order valence-electron chi connectivity index (χ0n) is 17.8. The van der Waals surface area contributed by atoms with Crippen molar-refractivity contribution < 1.29 is 9.47 Å². The average Bonchev–Trinajstić information content (AvgIpc) is 2.84. The number of aliphatic imine (C=N–C) groups is 1. The number of fused-ring (bicyclic) bond motifs is 4. The molecular weight excluding hydrogens is 400 g/mol. The molecule has 1 atom stereocenters. The Morgan fingerprint density at radius 1 is 0.969 bits per heavy atom. The van der Waals surface area contributed by atoms with E-state index in [1.165, 1.54) is 16.7 Å². The van der Waals surface area contributed by atoms with Gasteiger partial charge in [0.1, 0.15) is 31.9 Å². The first-order valence-electron chi connectivity index (χ1n) is 10.9. The van der Waals surface area contributed by atoms with Gasteiger partial charge in [0.25, 0.3) is 0 Å². The van der Waals surface area contributed by atoms with Crippen molar-refractivity contribution in [1.29, 1.82) is 0 Å². The van der Waals surface area contributed by atoms with Gasteiger partial charge in [-0.1, -0.05) is 48.0 Å². The topological polar surface area (TPSA) is 58.1 Å². The largest absolute Gasteiger partial charge is 0.486 e. The number of nitrogens with zero attached hydrogens (tertiary/aromatic N) is 2. The summed E-state index contributed by atoms with van der Waals surface area (Å²) in [7, 11) is 0. The predicted octanol–water partition coefficient (Wildman–Crippen LogP) is 5.02. The maximum atomic E-state index is 5.72. The Morgan fingerprint density at radius 2 is 1.78 bits per heavy atom. The van der Waals surface area contributed by atoms with E-state index in [1.54, 1.807) is 0 Å². The van der Waals surface area contributed by atoms with Gasteiger partial charge in [-0.2, -0.15) is 0 Å². The lowest BCUT2D eigenvalue weighted by Gasteiger charge is -2.42. The van der Waals surface area contributed by atoms with Crippen LogP contribution in [-0.2, 0) is 0 Å². The minimum absolute atomic E-state index is 0.0244. The van der Waals surface area contributed by atoms with Crippen LogP contribution in [0.3, 0.4) is 0 Å². The molecule has 0 saturated carbocycles. The standard InChI is InChI=1S/C26H24N4O2/c1-17-6-8-18(9-7-17)26-29-21-5-3-2-4-20(21)22-15-25(27-16-30(22)26)28-19-10-11-23-24(14-19)32-13-12-31-23/h2-11,14-15,26,29H,12-13,16H2,1H3,(H,27,28). The van der Waals surface area contributed by atoms with Crippen LogP contribution in [0.2, 0.25) is 0 Å². The Balaban J connectivity index is 1.33. The van der Waals surface area contributed by atoms with Crippen LogP contribution in [0, 0.1) is 6.92 Å². The fourth-order valence-electron chi connectivity index (χ4n) is 4.35. The first-order chi connectivity index (χ1) is 15.7. The zero-order valence-corrected chi connectivity index (χ0v) is 17.8. The minimum atomic E-state index is 0.0244. The summed E-state index contributed by atoms with van der Waals surface area (Å²) < 4.78 is 11.4. The lowest BCUT2D eigenvalue weighted by molar-refractivity contribution is 0.171. The summed E-state index contributed by atoms with van der Waals surface area (Å²) in [6.07, 6.45) is 2.15. The van der Waals surface area contributed by atoms with Crippen LogP contribution in [0.4, 0.5) is 11.4 Å². The van der Waals surface area contributed by atoms with Crippen LogP contribution >= 0.6 is 0 Å². The van der Waals surface area contributed by atoms with Gasteiger partial charge in [0.05, 0.1) is 5.70 Å². The molecule has 0 spiro atoms. The predicted molar refractivity (Wildman–Crippen MR) is 127 cm³/mol. The number of para-hydroxylation sites is 1. The summed E-state index contributed by atoms with van der Waals surface area (Å²) in [6, 6.07) is 23.0. The van der Waals surface area contributed by atoms with Gasteiger partial charge < -0.3 is 25.0 Å². The van der Waals surface area contributed by atoms with Crippen molar-refractivity contribution in [2.75, 3.05) is 30.5 Å². The van der Waals surface area contributed by atoms with Crippen molar-refractivity contribution in [3.05, 3.63) is 89.5 Å². The number of benzene rings is 3. The van der Waals surface area contributed by atoms with E-state index in [2.05, 4.69) is 77.1 Å². The van der Waals surface area contributed by atoms with Crippen molar-refractivity contribution in [1.82, 2.24) is 4.90 Å². The van der Waals surface area contributed by atoms with Gasteiger partial charge >= 0.3 is 0 Å². The van der Waals surface area contributed by atoms with Crippen LogP contribution in [-0.4, -0.2) is 30.6 Å². The van der Waals surface area contributed by atoms with E-state index in [1.807, 2.05) is 18.2 Å². The Labute approximate surface area is 187 Å². The summed E-state index contributed by atoms with van der Waals surface area (Å²) in [5.41, 5.74) is 6.85. The molecule has 3 aromatic rings. The second-order valence-corrected chi connectivity index (χ2v) is 8.17. The van der Waals surface area contributed by atoms with Crippen LogP contribution in [0.25, 0.3) is 5.70 Å². The number of hydrogen-bond donors (Lipinski definition) is 2. The molecule has 0 bridgehead atoms. The SMILES string of the molecule is Cc1ccc(C2Nc3ccccc3C3=CC(Nc4ccc5c(c4)OCCO5)=NCN32)cc1. The van der Waals surface area contributed by atoms with Gasteiger partial charge in [0, 0.05) is 29.1 Å². The highest BCUT2D eigenvalue weighted by atomic mass is 16.6. The second-order valence-electron chi connectivity index (χ2n) is 8.17. The number of rotatable bonds is 2. The lowest BCUT2D eigenvalue weighted by Crippen LogP contribution is -2.39. The molecule has 3 aliphatic rings. The molecule has 0 aliphatic carbocycles. The Kier molecular flexibility index (Phi) is 4.49. The van der Waals surface area contributed by atoms with Crippen LogP contribution in [0.15, 0.2) is 77.8 Å². The van der Waals surface area contributed by atoms with E-state index in [0.29, 0.717) is 19.9 Å². The van der Waals surface area contributed by atoms with Gasteiger partial charge in [0.15, 0.2) is 11.5 Å². The zero-order chi connectivity index (χ0) is 21.5. The van der Waals surface area contributed by atoms with E-state index in [0.717, 1.165) is 34.4 Å². The normalized spacial score (nSPS) is 18.5. The van der Waals surface area contributed by atoms with Crippen LogP contribution in [0.1, 0.15) is 22.9 Å². The summed E-state index contributed by atoms with van der Waals surface area (Å²) in [5, 5.41) is 7.14. The van der Waals surface area contributed by atoms with E-state index in [9.17, 15) is 0 Å². The molecule has 6 rings (SSSR count). The van der Waals surface area contributed by atoms with Crippen LogP contribution < -0.4 is 20.1 Å². The van der Waals surface area contributed by atoms with Gasteiger partial charge in [-0.15, -0.1) is 0 Å². The molecule has 0 radical (unpaired) electrons. The Morgan fingerprint density at radius 3 is 2.66 bits per heavy atom. The molecule has 6 nitrogen and oxygen atoms in total. The smallest absolute Gasteiger partial charge is 0.163 e. The maximum Gasteiger partial charge on any atom is 0.163 e. The molecule has 0 saturated heterocycles.